The van der Waals surface area contributed by atoms with Gasteiger partial charge in [-0.25, -0.2) is 0 Å². The third-order valence-corrected chi connectivity index (χ3v) is 4.61. The van der Waals surface area contributed by atoms with E-state index in [0.717, 1.165) is 18.1 Å². The van der Waals surface area contributed by atoms with Gasteiger partial charge in [0, 0.05) is 6.04 Å². The lowest BCUT2D eigenvalue weighted by Gasteiger charge is -2.32. The van der Waals surface area contributed by atoms with Crippen LogP contribution in [0.2, 0.25) is 0 Å². The van der Waals surface area contributed by atoms with Gasteiger partial charge < -0.3 is 10.5 Å². The van der Waals surface area contributed by atoms with Crippen molar-refractivity contribution in [3.8, 4) is 5.75 Å². The maximum absolute atomic E-state index is 6.45. The Bertz CT molecular complexity index is 391. The molecule has 1 aliphatic rings. The topological polar surface area (TPSA) is 35.2 Å². The van der Waals surface area contributed by atoms with Gasteiger partial charge in [-0.2, -0.15) is 0 Å². The number of methoxy groups -OCH3 is 1. The summed E-state index contributed by atoms with van der Waals surface area (Å²) in [5, 5.41) is 0. The Kier molecular flexibility index (Phi) is 5.26. The molecule has 0 radical (unpaired) electrons. The minimum Gasteiger partial charge on any atom is -0.497 e. The third kappa shape index (κ3) is 3.97. The van der Waals surface area contributed by atoms with E-state index < -0.39 is 0 Å². The van der Waals surface area contributed by atoms with E-state index in [2.05, 4.69) is 25.1 Å². The highest BCUT2D eigenvalue weighted by Crippen LogP contribution is 2.33. The van der Waals surface area contributed by atoms with Crippen LogP contribution in [-0.2, 0) is 6.42 Å². The zero-order chi connectivity index (χ0) is 13.7. The second-order valence-electron chi connectivity index (χ2n) is 5.92. The molecular weight excluding hydrogens is 234 g/mol. The largest absolute Gasteiger partial charge is 0.497 e. The van der Waals surface area contributed by atoms with Crippen molar-refractivity contribution in [3.63, 3.8) is 0 Å². The van der Waals surface area contributed by atoms with Gasteiger partial charge in [0.25, 0.3) is 0 Å². The fourth-order valence-electron chi connectivity index (χ4n) is 3.33. The van der Waals surface area contributed by atoms with E-state index in [4.69, 9.17) is 10.5 Å². The van der Waals surface area contributed by atoms with Crippen LogP contribution >= 0.6 is 0 Å². The summed E-state index contributed by atoms with van der Waals surface area (Å²) in [5.41, 5.74) is 7.74. The Morgan fingerprint density at radius 3 is 2.95 bits per heavy atom. The maximum Gasteiger partial charge on any atom is 0.119 e. The average molecular weight is 261 g/mol. The van der Waals surface area contributed by atoms with Crippen molar-refractivity contribution in [1.82, 2.24) is 0 Å². The Balaban J connectivity index is 1.94. The van der Waals surface area contributed by atoms with Crippen molar-refractivity contribution in [2.45, 2.75) is 51.5 Å². The van der Waals surface area contributed by atoms with E-state index in [9.17, 15) is 0 Å². The molecule has 2 heteroatoms. The first-order valence-corrected chi connectivity index (χ1v) is 7.61. The van der Waals surface area contributed by atoms with Crippen molar-refractivity contribution in [3.05, 3.63) is 29.8 Å². The molecule has 2 nitrogen and oxygen atoms in total. The first kappa shape index (κ1) is 14.4. The predicted molar refractivity (Wildman–Crippen MR) is 80.4 cm³/mol. The fraction of sp³-hybridized carbons (Fsp3) is 0.647. The standard InChI is InChI=1S/C17H27NO/c1-3-13-6-4-8-15(10-13)17(18)12-14-7-5-9-16(11-14)19-2/h5,7,9,11,13,15,17H,3-4,6,8,10,12,18H2,1-2H3. The quantitative estimate of drug-likeness (QED) is 0.875. The summed E-state index contributed by atoms with van der Waals surface area (Å²) in [5.74, 6) is 2.53. The highest BCUT2D eigenvalue weighted by molar-refractivity contribution is 5.29. The van der Waals surface area contributed by atoms with Crippen molar-refractivity contribution in [2.75, 3.05) is 7.11 Å². The van der Waals surface area contributed by atoms with Crippen LogP contribution in [0.1, 0.15) is 44.6 Å². The van der Waals surface area contributed by atoms with Gasteiger partial charge in [0.2, 0.25) is 0 Å². The normalized spacial score (nSPS) is 25.0. The van der Waals surface area contributed by atoms with E-state index in [0.29, 0.717) is 12.0 Å². The molecule has 1 aliphatic carbocycles. The lowest BCUT2D eigenvalue weighted by Crippen LogP contribution is -2.35. The summed E-state index contributed by atoms with van der Waals surface area (Å²) in [6.45, 7) is 2.31. The zero-order valence-corrected chi connectivity index (χ0v) is 12.3. The summed E-state index contributed by atoms with van der Waals surface area (Å²) in [4.78, 5) is 0. The zero-order valence-electron chi connectivity index (χ0n) is 12.3. The van der Waals surface area contributed by atoms with E-state index in [-0.39, 0.29) is 0 Å². The molecule has 0 spiro atoms. The Morgan fingerprint density at radius 1 is 1.37 bits per heavy atom. The highest BCUT2D eigenvalue weighted by Gasteiger charge is 2.25. The lowest BCUT2D eigenvalue weighted by molar-refractivity contribution is 0.228. The van der Waals surface area contributed by atoms with Gasteiger partial charge in [-0.1, -0.05) is 38.3 Å². The van der Waals surface area contributed by atoms with E-state index in [1.807, 2.05) is 6.07 Å². The summed E-state index contributed by atoms with van der Waals surface area (Å²) < 4.78 is 5.28. The fourth-order valence-corrected chi connectivity index (χ4v) is 3.33. The molecule has 2 rings (SSSR count). The van der Waals surface area contributed by atoms with Crippen molar-refractivity contribution in [2.24, 2.45) is 17.6 Å². The monoisotopic (exact) mass is 261 g/mol. The van der Waals surface area contributed by atoms with Gasteiger partial charge in [-0.3, -0.25) is 0 Å². The molecule has 106 valence electrons. The Labute approximate surface area is 117 Å². The van der Waals surface area contributed by atoms with Gasteiger partial charge in [0.15, 0.2) is 0 Å². The van der Waals surface area contributed by atoms with Crippen LogP contribution < -0.4 is 10.5 Å². The first-order chi connectivity index (χ1) is 9.22. The number of hydrogen-bond donors (Lipinski definition) is 1. The van der Waals surface area contributed by atoms with Crippen LogP contribution in [0.5, 0.6) is 5.75 Å². The molecule has 1 saturated carbocycles. The second kappa shape index (κ2) is 6.95. The number of rotatable bonds is 5. The molecule has 3 atom stereocenters. The van der Waals surface area contributed by atoms with Crippen molar-refractivity contribution in [1.29, 1.82) is 0 Å². The Hall–Kier alpha value is -1.02. The molecule has 1 fully saturated rings. The van der Waals surface area contributed by atoms with Crippen molar-refractivity contribution < 1.29 is 4.74 Å². The minimum absolute atomic E-state index is 0.293. The highest BCUT2D eigenvalue weighted by atomic mass is 16.5. The molecule has 0 heterocycles. The molecule has 0 saturated heterocycles. The minimum atomic E-state index is 0.293. The van der Waals surface area contributed by atoms with Gasteiger partial charge in [-0.15, -0.1) is 0 Å². The summed E-state index contributed by atoms with van der Waals surface area (Å²) in [6, 6.07) is 8.60. The third-order valence-electron chi connectivity index (χ3n) is 4.61. The van der Waals surface area contributed by atoms with Gasteiger partial charge in [0.1, 0.15) is 5.75 Å². The molecule has 19 heavy (non-hydrogen) atoms. The second-order valence-corrected chi connectivity index (χ2v) is 5.92. The van der Waals surface area contributed by atoms with Crippen LogP contribution in [0.3, 0.4) is 0 Å². The number of nitrogens with two attached hydrogens (primary N) is 1. The Morgan fingerprint density at radius 2 is 2.21 bits per heavy atom. The van der Waals surface area contributed by atoms with Gasteiger partial charge in [-0.05, 0) is 48.8 Å². The molecule has 3 unspecified atom stereocenters. The van der Waals surface area contributed by atoms with Crippen LogP contribution in [0.15, 0.2) is 24.3 Å². The van der Waals surface area contributed by atoms with Crippen LogP contribution in [0.25, 0.3) is 0 Å². The number of ether oxygens (including phenoxy) is 1. The summed E-state index contributed by atoms with van der Waals surface area (Å²) in [6.07, 6.45) is 7.66. The molecule has 2 N–H and O–H groups in total. The van der Waals surface area contributed by atoms with Gasteiger partial charge >= 0.3 is 0 Å². The SMILES string of the molecule is CCC1CCCC(C(N)Cc2cccc(OC)c2)C1. The predicted octanol–water partition coefficient (Wildman–Crippen LogP) is 3.78. The molecule has 0 aromatic heterocycles. The van der Waals surface area contributed by atoms with Gasteiger partial charge in [0.05, 0.1) is 7.11 Å². The molecule has 0 aliphatic heterocycles. The van der Waals surface area contributed by atoms with E-state index in [1.165, 1.54) is 37.7 Å². The van der Waals surface area contributed by atoms with Crippen molar-refractivity contribution >= 4 is 0 Å². The number of hydrogen-bond acceptors (Lipinski definition) is 2. The number of benzene rings is 1. The summed E-state index contributed by atoms with van der Waals surface area (Å²) >= 11 is 0. The molecule has 0 bridgehead atoms. The van der Waals surface area contributed by atoms with Crippen LogP contribution in [-0.4, -0.2) is 13.2 Å². The molecule has 0 amide bonds. The van der Waals surface area contributed by atoms with Crippen LogP contribution in [0.4, 0.5) is 0 Å². The summed E-state index contributed by atoms with van der Waals surface area (Å²) in [7, 11) is 1.71. The lowest BCUT2D eigenvalue weighted by atomic mass is 9.76. The van der Waals surface area contributed by atoms with E-state index in [1.54, 1.807) is 7.11 Å². The molecule has 1 aromatic rings. The molecular formula is C17H27NO. The first-order valence-electron chi connectivity index (χ1n) is 7.61. The van der Waals surface area contributed by atoms with E-state index >= 15 is 0 Å². The maximum atomic E-state index is 6.45. The smallest absolute Gasteiger partial charge is 0.119 e. The average Bonchev–Trinajstić information content (AvgIpc) is 2.47. The molecule has 1 aromatic carbocycles. The van der Waals surface area contributed by atoms with Crippen LogP contribution in [0, 0.1) is 11.8 Å².